The van der Waals surface area contributed by atoms with E-state index < -0.39 is 0 Å². The van der Waals surface area contributed by atoms with Crippen molar-refractivity contribution in [3.63, 3.8) is 0 Å². The summed E-state index contributed by atoms with van der Waals surface area (Å²) in [7, 11) is 0. The van der Waals surface area contributed by atoms with Crippen LogP contribution in [0.1, 0.15) is 5.56 Å². The van der Waals surface area contributed by atoms with Crippen molar-refractivity contribution in [3.05, 3.63) is 59.2 Å². The maximum absolute atomic E-state index is 13.3. The van der Waals surface area contributed by atoms with Crippen LogP contribution in [0.2, 0.25) is 0 Å². The highest BCUT2D eigenvalue weighted by atomic mass is 32.2. The van der Waals surface area contributed by atoms with Crippen LogP contribution in [0, 0.1) is 5.82 Å². The molecule has 19 heavy (non-hydrogen) atoms. The first-order valence-corrected chi connectivity index (χ1v) is 7.51. The Morgan fingerprint density at radius 3 is 2.79 bits per heavy atom. The minimum absolute atomic E-state index is 0.0135. The lowest BCUT2D eigenvalue weighted by atomic mass is 10.2. The molecule has 1 nitrogen and oxygen atoms in total. The largest absolute Gasteiger partial charge is 0.392 e. The van der Waals surface area contributed by atoms with Gasteiger partial charge in [-0.1, -0.05) is 30.0 Å². The summed E-state index contributed by atoms with van der Waals surface area (Å²) < 4.78 is 14.4. The summed E-state index contributed by atoms with van der Waals surface area (Å²) in [6.07, 6.45) is 0. The molecule has 0 saturated carbocycles. The van der Waals surface area contributed by atoms with Crippen molar-refractivity contribution in [3.8, 4) is 0 Å². The zero-order valence-electron chi connectivity index (χ0n) is 9.97. The monoisotopic (exact) mass is 290 g/mol. The van der Waals surface area contributed by atoms with E-state index in [9.17, 15) is 9.50 Å². The quantitative estimate of drug-likeness (QED) is 0.755. The van der Waals surface area contributed by atoms with Gasteiger partial charge in [-0.25, -0.2) is 4.39 Å². The zero-order chi connectivity index (χ0) is 13.2. The van der Waals surface area contributed by atoms with Crippen LogP contribution in [0.15, 0.2) is 57.6 Å². The molecule has 96 valence electrons. The first kappa shape index (κ1) is 12.7. The molecule has 3 aromatic rings. The summed E-state index contributed by atoms with van der Waals surface area (Å²) in [5.41, 5.74) is 0.892. The van der Waals surface area contributed by atoms with Crippen LogP contribution in [0.25, 0.3) is 10.1 Å². The average molecular weight is 290 g/mol. The van der Waals surface area contributed by atoms with Crippen molar-refractivity contribution in [1.82, 2.24) is 0 Å². The van der Waals surface area contributed by atoms with E-state index in [1.165, 1.54) is 6.07 Å². The minimum atomic E-state index is -0.219. The Hall–Kier alpha value is -1.36. The van der Waals surface area contributed by atoms with E-state index in [0.717, 1.165) is 25.4 Å². The van der Waals surface area contributed by atoms with Gasteiger partial charge in [0.1, 0.15) is 5.82 Å². The lowest BCUT2D eigenvalue weighted by molar-refractivity contribution is 0.279. The highest BCUT2D eigenvalue weighted by molar-refractivity contribution is 7.99. The second-order valence-corrected chi connectivity index (χ2v) is 6.10. The van der Waals surface area contributed by atoms with Gasteiger partial charge in [0.15, 0.2) is 0 Å². The number of aliphatic hydroxyl groups is 1. The molecule has 0 radical (unpaired) electrons. The molecule has 4 heteroatoms. The van der Waals surface area contributed by atoms with E-state index >= 15 is 0 Å². The van der Waals surface area contributed by atoms with Crippen molar-refractivity contribution >= 4 is 33.2 Å². The molecule has 2 aromatic carbocycles. The molecule has 1 heterocycles. The Balaban J connectivity index is 2.03. The van der Waals surface area contributed by atoms with Crippen LogP contribution >= 0.6 is 23.1 Å². The molecule has 0 aliphatic carbocycles. The van der Waals surface area contributed by atoms with Crippen molar-refractivity contribution < 1.29 is 9.50 Å². The van der Waals surface area contributed by atoms with Gasteiger partial charge in [0, 0.05) is 25.3 Å². The molecular formula is C15H11FOS2. The van der Waals surface area contributed by atoms with Crippen molar-refractivity contribution in [2.75, 3.05) is 0 Å². The maximum atomic E-state index is 13.3. The Bertz CT molecular complexity index is 721. The van der Waals surface area contributed by atoms with Crippen molar-refractivity contribution in [2.24, 2.45) is 0 Å². The van der Waals surface area contributed by atoms with Gasteiger partial charge >= 0.3 is 0 Å². The van der Waals surface area contributed by atoms with E-state index in [0.29, 0.717) is 0 Å². The molecule has 3 rings (SSSR count). The second-order valence-electron chi connectivity index (χ2n) is 4.11. The van der Waals surface area contributed by atoms with Crippen LogP contribution in [-0.2, 0) is 6.61 Å². The highest BCUT2D eigenvalue weighted by Crippen LogP contribution is 2.38. The molecule has 0 atom stereocenters. The number of thiophene rings is 1. The normalized spacial score (nSPS) is 11.1. The molecule has 1 N–H and O–H groups in total. The number of fused-ring (bicyclic) bond motifs is 1. The SMILES string of the molecule is OCc1ccccc1Sc1csc2ccc(F)cc12. The van der Waals surface area contributed by atoms with Crippen molar-refractivity contribution in [2.45, 2.75) is 16.4 Å². The standard InChI is InChI=1S/C15H11FOS2/c16-11-5-6-14-12(7-11)15(9-18-14)19-13-4-2-1-3-10(13)8-17/h1-7,9,17H,8H2. The summed E-state index contributed by atoms with van der Waals surface area (Å²) in [5.74, 6) is -0.219. The molecule has 0 bridgehead atoms. The molecule has 0 fully saturated rings. The van der Waals surface area contributed by atoms with Gasteiger partial charge in [-0.05, 0) is 29.8 Å². The molecule has 0 aliphatic rings. The average Bonchev–Trinajstić information content (AvgIpc) is 2.82. The second kappa shape index (κ2) is 5.33. The summed E-state index contributed by atoms with van der Waals surface area (Å²) in [4.78, 5) is 2.04. The van der Waals surface area contributed by atoms with Gasteiger partial charge in [0.2, 0.25) is 0 Å². The van der Waals surface area contributed by atoms with Gasteiger partial charge in [-0.3, -0.25) is 0 Å². The summed E-state index contributed by atoms with van der Waals surface area (Å²) in [5, 5.41) is 12.3. The molecular weight excluding hydrogens is 279 g/mol. The molecule has 0 saturated heterocycles. The van der Waals surface area contributed by atoms with Crippen LogP contribution in [0.5, 0.6) is 0 Å². The third-order valence-electron chi connectivity index (χ3n) is 2.86. The summed E-state index contributed by atoms with van der Waals surface area (Å²) in [6, 6.07) is 12.6. The maximum Gasteiger partial charge on any atom is 0.123 e. The molecule has 1 aromatic heterocycles. The predicted molar refractivity (Wildman–Crippen MR) is 78.3 cm³/mol. The summed E-state index contributed by atoms with van der Waals surface area (Å²) in [6.45, 7) is 0.0135. The zero-order valence-corrected chi connectivity index (χ0v) is 11.6. The van der Waals surface area contributed by atoms with Gasteiger partial charge in [-0.2, -0.15) is 0 Å². The first-order chi connectivity index (χ1) is 9.28. The number of aliphatic hydroxyl groups excluding tert-OH is 1. The minimum Gasteiger partial charge on any atom is -0.392 e. The fraction of sp³-hybridized carbons (Fsp3) is 0.0667. The van der Waals surface area contributed by atoms with Crippen LogP contribution < -0.4 is 0 Å². The fourth-order valence-electron chi connectivity index (χ4n) is 1.91. The Morgan fingerprint density at radius 1 is 1.11 bits per heavy atom. The lowest BCUT2D eigenvalue weighted by Gasteiger charge is -2.05. The summed E-state index contributed by atoms with van der Waals surface area (Å²) >= 11 is 3.17. The van der Waals surface area contributed by atoms with Gasteiger partial charge in [0.05, 0.1) is 6.61 Å². The van der Waals surface area contributed by atoms with E-state index in [4.69, 9.17) is 0 Å². The number of hydrogen-bond acceptors (Lipinski definition) is 3. The molecule has 0 spiro atoms. The van der Waals surface area contributed by atoms with Gasteiger partial charge in [0.25, 0.3) is 0 Å². The molecule has 0 aliphatic heterocycles. The van der Waals surface area contributed by atoms with Crippen LogP contribution in [0.4, 0.5) is 4.39 Å². The number of hydrogen-bond donors (Lipinski definition) is 1. The lowest BCUT2D eigenvalue weighted by Crippen LogP contribution is -1.86. The Morgan fingerprint density at radius 2 is 1.95 bits per heavy atom. The number of rotatable bonds is 3. The van der Waals surface area contributed by atoms with E-state index in [1.807, 2.05) is 29.6 Å². The van der Waals surface area contributed by atoms with Crippen molar-refractivity contribution in [1.29, 1.82) is 0 Å². The first-order valence-electron chi connectivity index (χ1n) is 5.81. The van der Waals surface area contributed by atoms with E-state index in [-0.39, 0.29) is 12.4 Å². The third-order valence-corrected chi connectivity index (χ3v) is 5.15. The Labute approximate surface area is 118 Å². The third kappa shape index (κ3) is 2.52. The van der Waals surface area contributed by atoms with Gasteiger partial charge in [-0.15, -0.1) is 11.3 Å². The topological polar surface area (TPSA) is 20.2 Å². The van der Waals surface area contributed by atoms with Crippen LogP contribution in [-0.4, -0.2) is 5.11 Å². The smallest absolute Gasteiger partial charge is 0.123 e. The van der Waals surface area contributed by atoms with E-state index in [2.05, 4.69) is 0 Å². The number of halogens is 1. The molecule has 0 unspecified atom stereocenters. The predicted octanol–water partition coefficient (Wildman–Crippen LogP) is 4.68. The highest BCUT2D eigenvalue weighted by Gasteiger charge is 2.09. The van der Waals surface area contributed by atoms with Gasteiger partial charge < -0.3 is 5.11 Å². The molecule has 0 amide bonds. The van der Waals surface area contributed by atoms with Crippen LogP contribution in [0.3, 0.4) is 0 Å². The number of benzene rings is 2. The van der Waals surface area contributed by atoms with E-state index in [1.54, 1.807) is 35.2 Å². The Kier molecular flexibility index (Phi) is 3.55. The fourth-order valence-corrected chi connectivity index (χ4v) is 4.04.